The minimum atomic E-state index is -0.138. The average Bonchev–Trinajstić information content (AvgIpc) is 2.92. The number of fused-ring (bicyclic) bond motifs is 1. The summed E-state index contributed by atoms with van der Waals surface area (Å²) in [7, 11) is 2.07. The van der Waals surface area contributed by atoms with Gasteiger partial charge >= 0.3 is 0 Å². The first-order valence-electron chi connectivity index (χ1n) is 7.61. The molecule has 0 aliphatic carbocycles. The highest BCUT2D eigenvalue weighted by atomic mass is 35.5. The van der Waals surface area contributed by atoms with Gasteiger partial charge < -0.3 is 9.64 Å². The minimum absolute atomic E-state index is 0.0767. The number of carbonyl (C=O) groups excluding carboxylic acids is 1. The van der Waals surface area contributed by atoms with Gasteiger partial charge in [-0.1, -0.05) is 25.4 Å². The number of aromatic nitrogens is 2. The summed E-state index contributed by atoms with van der Waals surface area (Å²) in [5, 5.41) is 0.304. The Hall–Kier alpha value is -1.24. The molecule has 0 bridgehead atoms. The predicted octanol–water partition coefficient (Wildman–Crippen LogP) is 1.41. The standard InChI is InChI=1S/C15H21ClN4O2/c1-9(2)14-17-6-10(16)13(18-14)15(21)20-7-11-12(8-20)22-5-4-19(11)3/h6,9,11-12H,4-5,7-8H2,1-3H3/t11-,12+/m0/s1. The summed E-state index contributed by atoms with van der Waals surface area (Å²) in [5.74, 6) is 0.651. The zero-order valence-corrected chi connectivity index (χ0v) is 13.9. The van der Waals surface area contributed by atoms with Crippen molar-refractivity contribution in [2.24, 2.45) is 0 Å². The predicted molar refractivity (Wildman–Crippen MR) is 83.2 cm³/mol. The van der Waals surface area contributed by atoms with Crippen LogP contribution >= 0.6 is 11.6 Å². The fraction of sp³-hybridized carbons (Fsp3) is 0.667. The van der Waals surface area contributed by atoms with Gasteiger partial charge in [-0.25, -0.2) is 9.97 Å². The Morgan fingerprint density at radius 1 is 1.45 bits per heavy atom. The third kappa shape index (κ3) is 2.83. The molecule has 0 N–H and O–H groups in total. The number of hydrogen-bond acceptors (Lipinski definition) is 5. The molecule has 2 saturated heterocycles. The molecule has 2 aliphatic rings. The van der Waals surface area contributed by atoms with E-state index in [0.717, 1.165) is 6.54 Å². The third-order valence-electron chi connectivity index (χ3n) is 4.35. The molecule has 7 heteroatoms. The Morgan fingerprint density at radius 3 is 2.91 bits per heavy atom. The van der Waals surface area contributed by atoms with Crippen LogP contribution in [-0.2, 0) is 4.74 Å². The van der Waals surface area contributed by atoms with Crippen LogP contribution in [0.1, 0.15) is 36.1 Å². The molecule has 6 nitrogen and oxygen atoms in total. The van der Waals surface area contributed by atoms with Crippen LogP contribution in [0.15, 0.2) is 6.20 Å². The van der Waals surface area contributed by atoms with Crippen LogP contribution < -0.4 is 0 Å². The number of hydrogen-bond donors (Lipinski definition) is 0. The second-order valence-electron chi connectivity index (χ2n) is 6.25. The summed E-state index contributed by atoms with van der Waals surface area (Å²) in [6.07, 6.45) is 1.59. The number of morpholine rings is 1. The van der Waals surface area contributed by atoms with Crippen LogP contribution in [0.25, 0.3) is 0 Å². The fourth-order valence-electron chi connectivity index (χ4n) is 2.98. The smallest absolute Gasteiger partial charge is 0.274 e. The molecule has 2 aliphatic heterocycles. The van der Waals surface area contributed by atoms with Crippen LogP contribution in [-0.4, -0.2) is 71.1 Å². The number of rotatable bonds is 2. The topological polar surface area (TPSA) is 58.6 Å². The van der Waals surface area contributed by atoms with Crippen LogP contribution in [0.4, 0.5) is 0 Å². The van der Waals surface area contributed by atoms with E-state index in [-0.39, 0.29) is 24.0 Å². The van der Waals surface area contributed by atoms with Crippen molar-refractivity contribution < 1.29 is 9.53 Å². The summed E-state index contributed by atoms with van der Waals surface area (Å²) in [4.78, 5) is 25.4. The van der Waals surface area contributed by atoms with Crippen LogP contribution in [0, 0.1) is 0 Å². The maximum absolute atomic E-state index is 12.8. The minimum Gasteiger partial charge on any atom is -0.373 e. The normalized spacial score (nSPS) is 25.6. The number of likely N-dealkylation sites (N-methyl/N-ethyl adjacent to an activating group) is 1. The van der Waals surface area contributed by atoms with Crippen molar-refractivity contribution in [3.8, 4) is 0 Å². The molecule has 3 rings (SSSR count). The highest BCUT2D eigenvalue weighted by Crippen LogP contribution is 2.25. The van der Waals surface area contributed by atoms with E-state index >= 15 is 0 Å². The number of nitrogens with zero attached hydrogens (tertiary/aromatic N) is 4. The third-order valence-corrected chi connectivity index (χ3v) is 4.62. The first-order valence-corrected chi connectivity index (χ1v) is 7.98. The van der Waals surface area contributed by atoms with Crippen molar-refractivity contribution in [2.45, 2.75) is 31.9 Å². The SMILES string of the molecule is CC(C)c1ncc(Cl)c(C(=O)N2C[C@H]3OCCN(C)[C@H]3C2)n1. The van der Waals surface area contributed by atoms with Gasteiger partial charge in [0, 0.05) is 25.6 Å². The molecule has 0 unspecified atom stereocenters. The van der Waals surface area contributed by atoms with E-state index in [4.69, 9.17) is 16.3 Å². The number of likely N-dealkylation sites (tertiary alicyclic amines) is 1. The van der Waals surface area contributed by atoms with Gasteiger partial charge in [0.15, 0.2) is 5.69 Å². The quantitative estimate of drug-likeness (QED) is 0.823. The van der Waals surface area contributed by atoms with Gasteiger partial charge in [0.05, 0.1) is 30.0 Å². The number of ether oxygens (including phenoxy) is 1. The lowest BCUT2D eigenvalue weighted by molar-refractivity contribution is -0.0368. The summed E-state index contributed by atoms with van der Waals surface area (Å²) in [5.41, 5.74) is 0.293. The van der Waals surface area contributed by atoms with Crippen molar-refractivity contribution in [1.29, 1.82) is 0 Å². The molecule has 1 amide bonds. The highest BCUT2D eigenvalue weighted by molar-refractivity contribution is 6.33. The summed E-state index contributed by atoms with van der Waals surface area (Å²) >= 11 is 6.14. The van der Waals surface area contributed by atoms with Crippen molar-refractivity contribution in [3.63, 3.8) is 0 Å². The lowest BCUT2D eigenvalue weighted by atomic mass is 10.1. The number of amides is 1. The van der Waals surface area contributed by atoms with E-state index in [9.17, 15) is 4.79 Å². The maximum Gasteiger partial charge on any atom is 0.274 e. The summed E-state index contributed by atoms with van der Waals surface area (Å²) < 4.78 is 5.78. The van der Waals surface area contributed by atoms with E-state index in [1.807, 2.05) is 13.8 Å². The van der Waals surface area contributed by atoms with E-state index in [1.54, 1.807) is 4.90 Å². The molecule has 0 saturated carbocycles. The van der Waals surface area contributed by atoms with Crippen LogP contribution in [0.2, 0.25) is 5.02 Å². The van der Waals surface area contributed by atoms with Gasteiger partial charge in [0.2, 0.25) is 0 Å². The lowest BCUT2D eigenvalue weighted by Gasteiger charge is -2.33. The Morgan fingerprint density at radius 2 is 2.23 bits per heavy atom. The Kier molecular flexibility index (Phi) is 4.34. The molecule has 120 valence electrons. The van der Waals surface area contributed by atoms with E-state index in [0.29, 0.717) is 36.2 Å². The molecule has 0 radical (unpaired) electrons. The molecular weight excluding hydrogens is 304 g/mol. The largest absolute Gasteiger partial charge is 0.373 e. The lowest BCUT2D eigenvalue weighted by Crippen LogP contribution is -2.48. The van der Waals surface area contributed by atoms with Crippen molar-refractivity contribution in [1.82, 2.24) is 19.8 Å². The van der Waals surface area contributed by atoms with E-state index < -0.39 is 0 Å². The average molecular weight is 325 g/mol. The van der Waals surface area contributed by atoms with Crippen molar-refractivity contribution in [2.75, 3.05) is 33.3 Å². The molecule has 2 fully saturated rings. The maximum atomic E-state index is 12.8. The zero-order chi connectivity index (χ0) is 15.9. The number of halogens is 1. The first-order chi connectivity index (χ1) is 10.5. The molecule has 2 atom stereocenters. The molecule has 1 aromatic rings. The van der Waals surface area contributed by atoms with Crippen molar-refractivity contribution >= 4 is 17.5 Å². The van der Waals surface area contributed by atoms with Gasteiger partial charge in [-0.3, -0.25) is 9.69 Å². The molecule has 22 heavy (non-hydrogen) atoms. The first kappa shape index (κ1) is 15.6. The van der Waals surface area contributed by atoms with E-state index in [1.165, 1.54) is 6.20 Å². The molecule has 3 heterocycles. The zero-order valence-electron chi connectivity index (χ0n) is 13.1. The molecule has 0 aromatic carbocycles. The van der Waals surface area contributed by atoms with Crippen LogP contribution in [0.3, 0.4) is 0 Å². The van der Waals surface area contributed by atoms with Crippen molar-refractivity contribution in [3.05, 3.63) is 22.7 Å². The second-order valence-corrected chi connectivity index (χ2v) is 6.65. The number of carbonyl (C=O) groups is 1. The van der Waals surface area contributed by atoms with Gasteiger partial charge in [-0.2, -0.15) is 0 Å². The van der Waals surface area contributed by atoms with Crippen LogP contribution in [0.5, 0.6) is 0 Å². The van der Waals surface area contributed by atoms with E-state index in [2.05, 4.69) is 21.9 Å². The van der Waals surface area contributed by atoms with Gasteiger partial charge in [0.1, 0.15) is 5.82 Å². The Labute approximate surface area is 135 Å². The highest BCUT2D eigenvalue weighted by Gasteiger charge is 2.41. The molecule has 0 spiro atoms. The molecule has 1 aromatic heterocycles. The fourth-order valence-corrected chi connectivity index (χ4v) is 3.15. The van der Waals surface area contributed by atoms with Gasteiger partial charge in [-0.05, 0) is 7.05 Å². The Balaban J connectivity index is 1.81. The van der Waals surface area contributed by atoms with Gasteiger partial charge in [0.25, 0.3) is 5.91 Å². The Bertz CT molecular complexity index is 581. The summed E-state index contributed by atoms with van der Waals surface area (Å²) in [6.45, 7) is 6.83. The second kappa shape index (κ2) is 6.10. The van der Waals surface area contributed by atoms with Gasteiger partial charge in [-0.15, -0.1) is 0 Å². The summed E-state index contributed by atoms with van der Waals surface area (Å²) in [6, 6.07) is 0.253. The monoisotopic (exact) mass is 324 g/mol. The molecular formula is C15H21ClN4O2.